The van der Waals surface area contributed by atoms with Gasteiger partial charge < -0.3 is 0 Å². The van der Waals surface area contributed by atoms with Gasteiger partial charge in [0.15, 0.2) is 0 Å². The highest BCUT2D eigenvalue weighted by Crippen LogP contribution is 2.20. The van der Waals surface area contributed by atoms with Gasteiger partial charge in [-0.3, -0.25) is 4.98 Å². The highest BCUT2D eigenvalue weighted by molar-refractivity contribution is 5.89. The summed E-state index contributed by atoms with van der Waals surface area (Å²) in [4.78, 5) is 4.12. The van der Waals surface area contributed by atoms with Gasteiger partial charge in [0.2, 0.25) is 0 Å². The van der Waals surface area contributed by atoms with Crippen molar-refractivity contribution < 1.29 is 0 Å². The fraction of sp³-hybridized carbons (Fsp3) is 0.0769. The van der Waals surface area contributed by atoms with Crippen LogP contribution >= 0.6 is 0 Å². The summed E-state index contributed by atoms with van der Waals surface area (Å²) >= 11 is 0. The molecule has 78 valence electrons. The second-order valence-electron chi connectivity index (χ2n) is 3.78. The summed E-state index contributed by atoms with van der Waals surface area (Å²) in [6, 6.07) is 10.2. The van der Waals surface area contributed by atoms with E-state index >= 15 is 0 Å². The third-order valence-corrected chi connectivity index (χ3v) is 2.63. The summed E-state index contributed by atoms with van der Waals surface area (Å²) in [7, 11) is 0. The molecule has 2 heterocycles. The van der Waals surface area contributed by atoms with Gasteiger partial charge in [0.25, 0.3) is 0 Å². The van der Waals surface area contributed by atoms with Gasteiger partial charge in [-0.05, 0) is 25.1 Å². The molecule has 0 aliphatic rings. The maximum atomic E-state index is 4.43. The number of hydrogen-bond donors (Lipinski definition) is 0. The van der Waals surface area contributed by atoms with E-state index in [1.807, 2.05) is 48.4 Å². The smallest absolute Gasteiger partial charge is 0.0725 e. The van der Waals surface area contributed by atoms with E-state index in [0.29, 0.717) is 0 Å². The topological polar surface area (TPSA) is 30.7 Å². The lowest BCUT2D eigenvalue weighted by Crippen LogP contribution is -1.96. The first-order valence-corrected chi connectivity index (χ1v) is 5.20. The van der Waals surface area contributed by atoms with E-state index in [0.717, 1.165) is 16.8 Å². The van der Waals surface area contributed by atoms with E-state index < -0.39 is 0 Å². The van der Waals surface area contributed by atoms with E-state index in [1.54, 1.807) is 0 Å². The summed E-state index contributed by atoms with van der Waals surface area (Å²) < 4.78 is 1.90. The van der Waals surface area contributed by atoms with E-state index in [1.165, 1.54) is 5.39 Å². The number of pyridine rings is 1. The zero-order chi connectivity index (χ0) is 11.0. The molecule has 0 aliphatic carbocycles. The Morgan fingerprint density at radius 1 is 1.12 bits per heavy atom. The minimum absolute atomic E-state index is 1.02. The average molecular weight is 209 g/mol. The van der Waals surface area contributed by atoms with E-state index in [-0.39, 0.29) is 0 Å². The molecule has 0 saturated carbocycles. The normalized spacial score (nSPS) is 10.8. The molecule has 16 heavy (non-hydrogen) atoms. The van der Waals surface area contributed by atoms with Crippen LogP contribution in [0.25, 0.3) is 16.5 Å². The van der Waals surface area contributed by atoms with Crippen LogP contribution in [0.5, 0.6) is 0 Å². The Labute approximate surface area is 93.4 Å². The number of hydrogen-bond acceptors (Lipinski definition) is 2. The first-order chi connectivity index (χ1) is 7.84. The van der Waals surface area contributed by atoms with Gasteiger partial charge in [0.1, 0.15) is 0 Å². The van der Waals surface area contributed by atoms with Crippen molar-refractivity contribution >= 4 is 10.8 Å². The molecular formula is C13H11N3. The van der Waals surface area contributed by atoms with E-state index in [9.17, 15) is 0 Å². The van der Waals surface area contributed by atoms with Gasteiger partial charge in [0, 0.05) is 29.4 Å². The summed E-state index contributed by atoms with van der Waals surface area (Å²) in [5.41, 5.74) is 2.11. The molecule has 2 aromatic heterocycles. The van der Waals surface area contributed by atoms with Crippen LogP contribution in [-0.2, 0) is 0 Å². The van der Waals surface area contributed by atoms with Crippen molar-refractivity contribution in [2.45, 2.75) is 6.92 Å². The first kappa shape index (κ1) is 9.09. The Bertz CT molecular complexity index is 635. The van der Waals surface area contributed by atoms with E-state index in [4.69, 9.17) is 0 Å². The Morgan fingerprint density at radius 3 is 2.88 bits per heavy atom. The van der Waals surface area contributed by atoms with Crippen LogP contribution in [0.1, 0.15) is 5.69 Å². The monoisotopic (exact) mass is 209 g/mol. The van der Waals surface area contributed by atoms with Crippen molar-refractivity contribution in [2.24, 2.45) is 0 Å². The number of aryl methyl sites for hydroxylation is 1. The molecule has 0 spiro atoms. The number of rotatable bonds is 1. The van der Waals surface area contributed by atoms with Gasteiger partial charge in [-0.25, -0.2) is 4.68 Å². The molecule has 1 aromatic carbocycles. The SMILES string of the molecule is Cc1ccn(-c2cccc3cnccc23)n1. The highest BCUT2D eigenvalue weighted by atomic mass is 15.3. The second-order valence-corrected chi connectivity index (χ2v) is 3.78. The Balaban J connectivity index is 2.31. The molecule has 3 aromatic rings. The predicted octanol–water partition coefficient (Wildman–Crippen LogP) is 2.73. The summed E-state index contributed by atoms with van der Waals surface area (Å²) in [5, 5.41) is 6.73. The molecular weight excluding hydrogens is 198 g/mol. The van der Waals surface area contributed by atoms with Gasteiger partial charge >= 0.3 is 0 Å². The fourth-order valence-electron chi connectivity index (χ4n) is 1.85. The maximum Gasteiger partial charge on any atom is 0.0725 e. The van der Waals surface area contributed by atoms with Gasteiger partial charge in [-0.1, -0.05) is 12.1 Å². The highest BCUT2D eigenvalue weighted by Gasteiger charge is 2.03. The lowest BCUT2D eigenvalue weighted by atomic mass is 10.1. The molecule has 0 radical (unpaired) electrons. The Morgan fingerprint density at radius 2 is 2.06 bits per heavy atom. The molecule has 0 fully saturated rings. The number of nitrogens with zero attached hydrogens (tertiary/aromatic N) is 3. The van der Waals surface area contributed by atoms with Crippen LogP contribution in [-0.4, -0.2) is 14.8 Å². The minimum atomic E-state index is 1.02. The summed E-state index contributed by atoms with van der Waals surface area (Å²) in [5.74, 6) is 0. The quantitative estimate of drug-likeness (QED) is 0.617. The first-order valence-electron chi connectivity index (χ1n) is 5.20. The van der Waals surface area contributed by atoms with Crippen LogP contribution < -0.4 is 0 Å². The molecule has 0 unspecified atom stereocenters. The second kappa shape index (κ2) is 3.45. The lowest BCUT2D eigenvalue weighted by Gasteiger charge is -2.05. The lowest BCUT2D eigenvalue weighted by molar-refractivity contribution is 0.869. The molecule has 0 saturated heterocycles. The van der Waals surface area contributed by atoms with E-state index in [2.05, 4.69) is 22.2 Å². The van der Waals surface area contributed by atoms with Crippen LogP contribution in [0, 0.1) is 6.92 Å². The Hall–Kier alpha value is -2.16. The van der Waals surface area contributed by atoms with Crippen LogP contribution in [0.3, 0.4) is 0 Å². The molecule has 0 bridgehead atoms. The van der Waals surface area contributed by atoms with Crippen molar-refractivity contribution in [3.8, 4) is 5.69 Å². The number of benzene rings is 1. The zero-order valence-corrected chi connectivity index (χ0v) is 8.96. The van der Waals surface area contributed by atoms with Gasteiger partial charge in [0.05, 0.1) is 11.4 Å². The molecule has 0 amide bonds. The third-order valence-electron chi connectivity index (χ3n) is 2.63. The summed E-state index contributed by atoms with van der Waals surface area (Å²) in [6.07, 6.45) is 5.65. The minimum Gasteiger partial charge on any atom is -0.264 e. The van der Waals surface area contributed by atoms with Crippen molar-refractivity contribution in [1.82, 2.24) is 14.8 Å². The van der Waals surface area contributed by atoms with Gasteiger partial charge in [-0.2, -0.15) is 5.10 Å². The molecule has 0 atom stereocenters. The molecule has 3 nitrogen and oxygen atoms in total. The molecule has 0 aliphatic heterocycles. The van der Waals surface area contributed by atoms with Crippen molar-refractivity contribution in [2.75, 3.05) is 0 Å². The van der Waals surface area contributed by atoms with Crippen LogP contribution in [0.2, 0.25) is 0 Å². The Kier molecular flexibility index (Phi) is 1.96. The predicted molar refractivity (Wildman–Crippen MR) is 63.6 cm³/mol. The number of fused-ring (bicyclic) bond motifs is 1. The largest absolute Gasteiger partial charge is 0.264 e. The molecule has 3 rings (SSSR count). The third kappa shape index (κ3) is 1.37. The van der Waals surface area contributed by atoms with Crippen molar-refractivity contribution in [3.63, 3.8) is 0 Å². The molecule has 3 heteroatoms. The standard InChI is InChI=1S/C13H11N3/c1-10-6-8-16(15-10)13-4-2-3-11-9-14-7-5-12(11)13/h2-9H,1H3. The van der Waals surface area contributed by atoms with Crippen molar-refractivity contribution in [3.05, 3.63) is 54.6 Å². The maximum absolute atomic E-state index is 4.43. The average Bonchev–Trinajstić information content (AvgIpc) is 2.75. The summed E-state index contributed by atoms with van der Waals surface area (Å²) in [6.45, 7) is 1.99. The number of aromatic nitrogens is 3. The molecule has 0 N–H and O–H groups in total. The van der Waals surface area contributed by atoms with Crippen molar-refractivity contribution in [1.29, 1.82) is 0 Å². The van der Waals surface area contributed by atoms with Crippen LogP contribution in [0.4, 0.5) is 0 Å². The van der Waals surface area contributed by atoms with Crippen LogP contribution in [0.15, 0.2) is 48.9 Å². The zero-order valence-electron chi connectivity index (χ0n) is 8.96. The van der Waals surface area contributed by atoms with Gasteiger partial charge in [-0.15, -0.1) is 0 Å². The fourth-order valence-corrected chi connectivity index (χ4v) is 1.85.